The quantitative estimate of drug-likeness (QED) is 0.603. The fourth-order valence-corrected chi connectivity index (χ4v) is 6.12. The first-order valence-corrected chi connectivity index (χ1v) is 11.1. The van der Waals surface area contributed by atoms with Crippen LogP contribution < -0.4 is 5.32 Å². The number of sulfone groups is 1. The summed E-state index contributed by atoms with van der Waals surface area (Å²) < 4.78 is 23.2. The third kappa shape index (κ3) is 4.05. The summed E-state index contributed by atoms with van der Waals surface area (Å²) in [4.78, 5) is 27.2. The van der Waals surface area contributed by atoms with Crippen molar-refractivity contribution in [2.45, 2.75) is 12.5 Å². The largest absolute Gasteiger partial charge is 0.351 e. The Bertz CT molecular complexity index is 814. The van der Waals surface area contributed by atoms with Crippen LogP contribution in [0.4, 0.5) is 0 Å². The molecule has 10 heteroatoms. The number of nitrogens with one attached hydrogen (secondary N) is 1. The molecule has 2 saturated heterocycles. The molecule has 2 aliphatic heterocycles. The zero-order valence-electron chi connectivity index (χ0n) is 12.4. The molecule has 2 amide bonds. The molecule has 0 spiro atoms. The Balaban J connectivity index is 1.62. The van der Waals surface area contributed by atoms with E-state index in [1.807, 2.05) is 17.5 Å². The van der Waals surface area contributed by atoms with E-state index in [4.69, 9.17) is 12.2 Å². The van der Waals surface area contributed by atoms with Crippen LogP contribution in [0.5, 0.6) is 0 Å². The van der Waals surface area contributed by atoms with Gasteiger partial charge in [-0.15, -0.1) is 11.3 Å². The average Bonchev–Trinajstić information content (AvgIpc) is 3.17. The first-order chi connectivity index (χ1) is 11.3. The Labute approximate surface area is 153 Å². The predicted octanol–water partition coefficient (Wildman–Crippen LogP) is 1.25. The average molecular weight is 403 g/mol. The van der Waals surface area contributed by atoms with E-state index in [9.17, 15) is 18.0 Å². The minimum atomic E-state index is -3.06. The third-order valence-electron chi connectivity index (χ3n) is 3.59. The highest BCUT2D eigenvalue weighted by molar-refractivity contribution is 8.26. The Morgan fingerprint density at radius 2 is 2.29 bits per heavy atom. The molecule has 1 unspecified atom stereocenters. The van der Waals surface area contributed by atoms with Crippen LogP contribution in [0.3, 0.4) is 0 Å². The van der Waals surface area contributed by atoms with Crippen LogP contribution in [0.2, 0.25) is 0 Å². The fraction of sp³-hybridized carbons (Fsp3) is 0.357. The molecule has 1 aromatic rings. The maximum absolute atomic E-state index is 12.4. The number of hydrogen-bond acceptors (Lipinski definition) is 7. The van der Waals surface area contributed by atoms with Crippen molar-refractivity contribution < 1.29 is 18.0 Å². The highest BCUT2D eigenvalue weighted by Crippen LogP contribution is 2.33. The molecule has 3 rings (SSSR count). The molecule has 1 atom stereocenters. The lowest BCUT2D eigenvalue weighted by molar-refractivity contribution is -0.129. The number of amides is 2. The minimum absolute atomic E-state index is 0.0462. The Morgan fingerprint density at radius 1 is 1.50 bits per heavy atom. The van der Waals surface area contributed by atoms with Crippen molar-refractivity contribution in [1.29, 1.82) is 0 Å². The molecule has 2 aliphatic rings. The van der Waals surface area contributed by atoms with Gasteiger partial charge in [0.05, 0.1) is 16.4 Å². The van der Waals surface area contributed by atoms with Crippen molar-refractivity contribution in [3.63, 3.8) is 0 Å². The zero-order valence-corrected chi connectivity index (χ0v) is 15.7. The number of thiocarbonyl (C=S) groups is 1. The maximum Gasteiger partial charge on any atom is 0.266 e. The van der Waals surface area contributed by atoms with E-state index in [1.165, 1.54) is 16.2 Å². The van der Waals surface area contributed by atoms with Gasteiger partial charge in [-0.3, -0.25) is 14.5 Å². The topological polar surface area (TPSA) is 83.6 Å². The van der Waals surface area contributed by atoms with Crippen molar-refractivity contribution in [3.05, 3.63) is 27.3 Å². The van der Waals surface area contributed by atoms with E-state index in [0.717, 1.165) is 16.6 Å². The van der Waals surface area contributed by atoms with Gasteiger partial charge in [-0.2, -0.15) is 0 Å². The molecule has 0 saturated carbocycles. The molecule has 128 valence electrons. The monoisotopic (exact) mass is 402 g/mol. The van der Waals surface area contributed by atoms with E-state index in [2.05, 4.69) is 5.32 Å². The van der Waals surface area contributed by atoms with Crippen molar-refractivity contribution in [1.82, 2.24) is 10.2 Å². The molecule has 0 radical (unpaired) electrons. The van der Waals surface area contributed by atoms with Gasteiger partial charge in [-0.05, 0) is 23.9 Å². The Kier molecular flexibility index (Phi) is 5.09. The first-order valence-electron chi connectivity index (χ1n) is 7.13. The van der Waals surface area contributed by atoms with Crippen LogP contribution in [0, 0.1) is 0 Å². The van der Waals surface area contributed by atoms with Gasteiger partial charge in [0.15, 0.2) is 9.84 Å². The molecule has 1 N–H and O–H groups in total. The Hall–Kier alpha value is -1.23. The number of thiophene rings is 1. The number of rotatable bonds is 4. The molecule has 1 aromatic heterocycles. The summed E-state index contributed by atoms with van der Waals surface area (Å²) in [6, 6.07) is 3.40. The lowest BCUT2D eigenvalue weighted by Crippen LogP contribution is -2.43. The van der Waals surface area contributed by atoms with E-state index >= 15 is 0 Å². The molecule has 0 aromatic carbocycles. The number of carbonyl (C=O) groups is 2. The van der Waals surface area contributed by atoms with Crippen molar-refractivity contribution >= 4 is 67.4 Å². The molecule has 24 heavy (non-hydrogen) atoms. The van der Waals surface area contributed by atoms with E-state index in [0.29, 0.717) is 15.6 Å². The summed E-state index contributed by atoms with van der Waals surface area (Å²) in [7, 11) is -3.06. The summed E-state index contributed by atoms with van der Waals surface area (Å²) in [5.74, 6) is -0.656. The molecule has 6 nitrogen and oxygen atoms in total. The molecular weight excluding hydrogens is 388 g/mol. The molecular formula is C14H14N2O4S4. The first kappa shape index (κ1) is 17.6. The summed E-state index contributed by atoms with van der Waals surface area (Å²) >= 11 is 7.86. The smallest absolute Gasteiger partial charge is 0.266 e. The van der Waals surface area contributed by atoms with E-state index in [1.54, 1.807) is 6.08 Å². The van der Waals surface area contributed by atoms with Gasteiger partial charge in [0.1, 0.15) is 10.9 Å². The van der Waals surface area contributed by atoms with Gasteiger partial charge in [0, 0.05) is 10.9 Å². The number of hydrogen-bond donors (Lipinski definition) is 1. The third-order valence-corrected chi connectivity index (χ3v) is 7.55. The minimum Gasteiger partial charge on any atom is -0.351 e. The second-order valence-electron chi connectivity index (χ2n) is 5.45. The number of thioether (sulfide) groups is 1. The van der Waals surface area contributed by atoms with Crippen LogP contribution in [-0.4, -0.2) is 53.5 Å². The highest BCUT2D eigenvalue weighted by Gasteiger charge is 2.35. The normalized spacial score (nSPS) is 24.8. The molecule has 0 aliphatic carbocycles. The van der Waals surface area contributed by atoms with Crippen LogP contribution >= 0.6 is 35.3 Å². The van der Waals surface area contributed by atoms with Crippen molar-refractivity contribution in [2.24, 2.45) is 0 Å². The van der Waals surface area contributed by atoms with E-state index in [-0.39, 0.29) is 30.0 Å². The summed E-state index contributed by atoms with van der Waals surface area (Å²) in [5.41, 5.74) is 0. The van der Waals surface area contributed by atoms with Crippen LogP contribution in [0.25, 0.3) is 6.08 Å². The Morgan fingerprint density at radius 3 is 2.92 bits per heavy atom. The molecule has 2 fully saturated rings. The SMILES string of the molecule is O=C(CN1C(=O)/C(=C/c2cccs2)SC1=S)NC1CCS(=O)(=O)C1. The van der Waals surface area contributed by atoms with Crippen LogP contribution in [0.15, 0.2) is 22.4 Å². The van der Waals surface area contributed by atoms with Gasteiger partial charge < -0.3 is 5.32 Å². The van der Waals surface area contributed by atoms with Crippen LogP contribution in [-0.2, 0) is 19.4 Å². The van der Waals surface area contributed by atoms with E-state index < -0.39 is 15.7 Å². The van der Waals surface area contributed by atoms with Gasteiger partial charge in [-0.25, -0.2) is 8.42 Å². The van der Waals surface area contributed by atoms with Gasteiger partial charge in [0.2, 0.25) is 5.91 Å². The fourth-order valence-electron chi connectivity index (χ4n) is 2.46. The highest BCUT2D eigenvalue weighted by atomic mass is 32.2. The zero-order chi connectivity index (χ0) is 17.3. The standard InChI is InChI=1S/C14H14N2O4S4/c17-12(15-9-3-5-24(19,20)8-9)7-16-13(18)11(23-14(16)21)6-10-2-1-4-22-10/h1-2,4,6,9H,3,5,7-8H2,(H,15,17)/b11-6-. The molecule has 3 heterocycles. The van der Waals surface area contributed by atoms with Gasteiger partial charge >= 0.3 is 0 Å². The number of carbonyl (C=O) groups excluding carboxylic acids is 2. The van der Waals surface area contributed by atoms with Crippen molar-refractivity contribution in [3.8, 4) is 0 Å². The maximum atomic E-state index is 12.4. The van der Waals surface area contributed by atoms with Crippen molar-refractivity contribution in [2.75, 3.05) is 18.1 Å². The van der Waals surface area contributed by atoms with Crippen LogP contribution in [0.1, 0.15) is 11.3 Å². The predicted molar refractivity (Wildman–Crippen MR) is 99.4 cm³/mol. The van der Waals surface area contributed by atoms with Gasteiger partial charge in [-0.1, -0.05) is 30.0 Å². The second-order valence-corrected chi connectivity index (χ2v) is 10.3. The lowest BCUT2D eigenvalue weighted by Gasteiger charge is -2.16. The lowest BCUT2D eigenvalue weighted by atomic mass is 10.2. The summed E-state index contributed by atoms with van der Waals surface area (Å²) in [6.07, 6.45) is 2.16. The molecule has 0 bridgehead atoms. The number of nitrogens with zero attached hydrogens (tertiary/aromatic N) is 1. The summed E-state index contributed by atoms with van der Waals surface area (Å²) in [5, 5.41) is 4.58. The van der Waals surface area contributed by atoms with Gasteiger partial charge in [0.25, 0.3) is 5.91 Å². The summed E-state index contributed by atoms with van der Waals surface area (Å²) in [6.45, 7) is -0.191. The second kappa shape index (κ2) is 6.95.